The normalized spacial score (nSPS) is 14.6. The first-order valence-corrected chi connectivity index (χ1v) is 10.5. The first-order valence-electron chi connectivity index (χ1n) is 9.66. The maximum absolute atomic E-state index is 12.6. The fourth-order valence-corrected chi connectivity index (χ4v) is 4.90. The molecule has 0 radical (unpaired) electrons. The molecule has 146 valence electrons. The number of nitrogens with zero attached hydrogens (tertiary/aromatic N) is 3. The first-order chi connectivity index (χ1) is 13.4. The maximum atomic E-state index is 12.6. The molecule has 1 fully saturated rings. The van der Waals surface area contributed by atoms with Crippen molar-refractivity contribution < 1.29 is 4.79 Å². The molecule has 1 aliphatic rings. The van der Waals surface area contributed by atoms with Crippen LogP contribution in [0, 0.1) is 27.7 Å². The van der Waals surface area contributed by atoms with Gasteiger partial charge in [0.2, 0.25) is 0 Å². The van der Waals surface area contributed by atoms with Crippen molar-refractivity contribution in [2.24, 2.45) is 0 Å². The molecule has 1 aromatic heterocycles. The lowest BCUT2D eigenvalue weighted by Gasteiger charge is -2.34. The summed E-state index contributed by atoms with van der Waals surface area (Å²) < 4.78 is 1.27. The molecule has 1 N–H and O–H groups in total. The highest BCUT2D eigenvalue weighted by molar-refractivity contribution is 7.22. The molecule has 2 amide bonds. The van der Waals surface area contributed by atoms with Crippen LogP contribution in [0.2, 0.25) is 0 Å². The number of aromatic nitrogens is 1. The zero-order chi connectivity index (χ0) is 19.8. The van der Waals surface area contributed by atoms with E-state index in [-0.39, 0.29) is 6.03 Å². The molecular weight excluding hydrogens is 368 g/mol. The summed E-state index contributed by atoms with van der Waals surface area (Å²) in [5.74, 6) is 0. The van der Waals surface area contributed by atoms with Gasteiger partial charge >= 0.3 is 6.03 Å². The molecule has 1 aliphatic heterocycles. The Kier molecular flexibility index (Phi) is 4.98. The lowest BCUT2D eigenvalue weighted by Crippen LogP contribution is -2.50. The van der Waals surface area contributed by atoms with E-state index in [9.17, 15) is 4.79 Å². The number of hydrogen-bond donors (Lipinski definition) is 1. The fourth-order valence-electron chi connectivity index (χ4n) is 3.73. The molecule has 0 saturated carbocycles. The van der Waals surface area contributed by atoms with Gasteiger partial charge in [0.1, 0.15) is 0 Å². The number of anilines is 2. The zero-order valence-electron chi connectivity index (χ0n) is 16.9. The van der Waals surface area contributed by atoms with Gasteiger partial charge in [-0.1, -0.05) is 29.5 Å². The van der Waals surface area contributed by atoms with Crippen molar-refractivity contribution in [3.63, 3.8) is 0 Å². The van der Waals surface area contributed by atoms with Crippen LogP contribution < -0.4 is 10.2 Å². The maximum Gasteiger partial charge on any atom is 0.321 e. The Morgan fingerprint density at radius 3 is 2.25 bits per heavy atom. The van der Waals surface area contributed by atoms with Gasteiger partial charge in [0.25, 0.3) is 0 Å². The number of hydrogen-bond acceptors (Lipinski definition) is 4. The third-order valence-corrected chi connectivity index (χ3v) is 6.49. The summed E-state index contributed by atoms with van der Waals surface area (Å²) in [6.07, 6.45) is 0. The lowest BCUT2D eigenvalue weighted by molar-refractivity contribution is 0.208. The van der Waals surface area contributed by atoms with Crippen molar-refractivity contribution in [2.45, 2.75) is 27.7 Å². The fraction of sp³-hybridized carbons (Fsp3) is 0.364. The summed E-state index contributed by atoms with van der Waals surface area (Å²) in [6.45, 7) is 11.3. The van der Waals surface area contributed by atoms with Gasteiger partial charge in [-0.25, -0.2) is 9.78 Å². The summed E-state index contributed by atoms with van der Waals surface area (Å²) in [5.41, 5.74) is 6.77. The van der Waals surface area contributed by atoms with Crippen LogP contribution in [-0.4, -0.2) is 42.1 Å². The Morgan fingerprint density at radius 2 is 1.61 bits per heavy atom. The molecule has 0 unspecified atom stereocenters. The first kappa shape index (κ1) is 18.7. The van der Waals surface area contributed by atoms with Crippen LogP contribution in [0.15, 0.2) is 30.3 Å². The summed E-state index contributed by atoms with van der Waals surface area (Å²) >= 11 is 1.76. The Bertz CT molecular complexity index is 975. The average Bonchev–Trinajstić information content (AvgIpc) is 3.11. The van der Waals surface area contributed by atoms with E-state index in [1.165, 1.54) is 15.8 Å². The second-order valence-electron chi connectivity index (χ2n) is 7.65. The van der Waals surface area contributed by atoms with E-state index >= 15 is 0 Å². The molecule has 1 saturated heterocycles. The predicted molar refractivity (Wildman–Crippen MR) is 118 cm³/mol. The van der Waals surface area contributed by atoms with Gasteiger partial charge in [-0.2, -0.15) is 0 Å². The molecular formula is C22H26N4OS. The molecule has 6 heteroatoms. The molecule has 0 spiro atoms. The summed E-state index contributed by atoms with van der Waals surface area (Å²) in [6, 6.07) is 10.4. The van der Waals surface area contributed by atoms with Crippen molar-refractivity contribution in [1.29, 1.82) is 0 Å². The molecule has 28 heavy (non-hydrogen) atoms. The molecule has 2 heterocycles. The van der Waals surface area contributed by atoms with Crippen molar-refractivity contribution >= 4 is 38.4 Å². The van der Waals surface area contributed by atoms with E-state index in [1.807, 2.05) is 30.9 Å². The van der Waals surface area contributed by atoms with Gasteiger partial charge in [-0.3, -0.25) is 0 Å². The third kappa shape index (κ3) is 3.69. The minimum atomic E-state index is -0.0272. The van der Waals surface area contributed by atoms with Crippen molar-refractivity contribution in [2.75, 3.05) is 36.4 Å². The minimum Gasteiger partial charge on any atom is -0.345 e. The molecule has 0 bridgehead atoms. The smallest absolute Gasteiger partial charge is 0.321 e. The monoisotopic (exact) mass is 394 g/mol. The largest absolute Gasteiger partial charge is 0.345 e. The van der Waals surface area contributed by atoms with Crippen LogP contribution in [0.3, 0.4) is 0 Å². The van der Waals surface area contributed by atoms with Gasteiger partial charge < -0.3 is 15.1 Å². The van der Waals surface area contributed by atoms with Crippen LogP contribution in [0.4, 0.5) is 15.6 Å². The number of fused-ring (bicyclic) bond motifs is 1. The Hall–Kier alpha value is -2.60. The summed E-state index contributed by atoms with van der Waals surface area (Å²) in [7, 11) is 0. The van der Waals surface area contributed by atoms with E-state index in [0.29, 0.717) is 13.1 Å². The van der Waals surface area contributed by atoms with E-state index in [4.69, 9.17) is 4.98 Å². The molecule has 0 atom stereocenters. The number of rotatable bonds is 2. The van der Waals surface area contributed by atoms with Crippen LogP contribution in [0.5, 0.6) is 0 Å². The quantitative estimate of drug-likeness (QED) is 0.674. The molecule has 0 aliphatic carbocycles. The number of benzene rings is 2. The highest BCUT2D eigenvalue weighted by Crippen LogP contribution is 2.33. The number of thiazole rings is 1. The Balaban J connectivity index is 1.42. The number of carbonyl (C=O) groups is 1. The number of urea groups is 1. The molecule has 5 nitrogen and oxygen atoms in total. The lowest BCUT2D eigenvalue weighted by atomic mass is 10.1. The highest BCUT2D eigenvalue weighted by atomic mass is 32.1. The number of carbonyl (C=O) groups excluding carboxylic acids is 1. The molecule has 4 rings (SSSR count). The van der Waals surface area contributed by atoms with Crippen LogP contribution in [0.25, 0.3) is 10.2 Å². The number of aryl methyl sites for hydroxylation is 4. The minimum absolute atomic E-state index is 0.0272. The average molecular weight is 395 g/mol. The number of nitrogens with one attached hydrogen (secondary N) is 1. The van der Waals surface area contributed by atoms with Crippen LogP contribution >= 0.6 is 11.3 Å². The van der Waals surface area contributed by atoms with Crippen molar-refractivity contribution in [3.05, 3.63) is 52.6 Å². The zero-order valence-corrected chi connectivity index (χ0v) is 17.7. The van der Waals surface area contributed by atoms with Crippen molar-refractivity contribution in [1.82, 2.24) is 9.88 Å². The SMILES string of the molecule is Cc1cc(C)cc(NC(=O)N2CCN(c3nc4c(C)ccc(C)c4s3)CC2)c1. The topological polar surface area (TPSA) is 48.5 Å². The van der Waals surface area contributed by atoms with E-state index in [0.717, 1.165) is 40.6 Å². The van der Waals surface area contributed by atoms with Crippen molar-refractivity contribution in [3.8, 4) is 0 Å². The van der Waals surface area contributed by atoms with Gasteiger partial charge in [-0.15, -0.1) is 0 Å². The molecule has 2 aromatic carbocycles. The third-order valence-electron chi connectivity index (χ3n) is 5.24. The van der Waals surface area contributed by atoms with Gasteiger partial charge in [-0.05, 0) is 62.1 Å². The summed E-state index contributed by atoms with van der Waals surface area (Å²) in [5, 5.41) is 4.10. The summed E-state index contributed by atoms with van der Waals surface area (Å²) in [4.78, 5) is 21.7. The predicted octanol–water partition coefficient (Wildman–Crippen LogP) is 4.88. The van der Waals surface area contributed by atoms with Gasteiger partial charge in [0.15, 0.2) is 5.13 Å². The van der Waals surface area contributed by atoms with E-state index in [2.05, 4.69) is 42.3 Å². The second kappa shape index (κ2) is 7.43. The Morgan fingerprint density at radius 1 is 0.964 bits per heavy atom. The molecule has 3 aromatic rings. The van der Waals surface area contributed by atoms with Gasteiger partial charge in [0, 0.05) is 31.9 Å². The number of piperazine rings is 1. The Labute approximate surface area is 170 Å². The number of amides is 2. The van der Waals surface area contributed by atoms with E-state index in [1.54, 1.807) is 11.3 Å². The second-order valence-corrected chi connectivity index (χ2v) is 8.63. The standard InChI is InChI=1S/C22H26N4OS/c1-14-11-15(2)13-18(12-14)23-21(27)25-7-9-26(10-8-25)22-24-19-16(3)5-6-17(4)20(19)28-22/h5-6,11-13H,7-10H2,1-4H3,(H,23,27). The van der Waals surface area contributed by atoms with Crippen LogP contribution in [-0.2, 0) is 0 Å². The van der Waals surface area contributed by atoms with E-state index < -0.39 is 0 Å². The highest BCUT2D eigenvalue weighted by Gasteiger charge is 2.23. The van der Waals surface area contributed by atoms with Gasteiger partial charge in [0.05, 0.1) is 10.2 Å². The van der Waals surface area contributed by atoms with Crippen LogP contribution in [0.1, 0.15) is 22.3 Å².